The van der Waals surface area contributed by atoms with Gasteiger partial charge in [0, 0.05) is 20.0 Å². The number of carbonyl (C=O) groups excluding carboxylic acids is 1. The number of hydrogen-bond donors (Lipinski definition) is 1. The molecule has 28 heavy (non-hydrogen) atoms. The van der Waals surface area contributed by atoms with Crippen LogP contribution in [0, 0.1) is 0 Å². The van der Waals surface area contributed by atoms with Crippen molar-refractivity contribution in [3.8, 4) is 0 Å². The van der Waals surface area contributed by atoms with E-state index in [2.05, 4.69) is 19.1 Å². The van der Waals surface area contributed by atoms with E-state index in [1.54, 1.807) is 7.05 Å². The molecule has 0 aliphatic carbocycles. The van der Waals surface area contributed by atoms with Crippen LogP contribution in [-0.2, 0) is 14.9 Å². The molecular formula is C21H42NNaO4S. The van der Waals surface area contributed by atoms with Crippen LogP contribution in [0.5, 0.6) is 0 Å². The summed E-state index contributed by atoms with van der Waals surface area (Å²) in [5.41, 5.74) is 0. The summed E-state index contributed by atoms with van der Waals surface area (Å²) < 4.78 is 30.1. The van der Waals surface area contributed by atoms with Crippen LogP contribution in [0.25, 0.3) is 0 Å². The zero-order valence-corrected chi connectivity index (χ0v) is 18.3. The molecule has 0 aliphatic rings. The molecule has 0 fully saturated rings. The third-order valence-electron chi connectivity index (χ3n) is 4.76. The van der Waals surface area contributed by atoms with Gasteiger partial charge in [0.05, 0.1) is 5.75 Å². The summed E-state index contributed by atoms with van der Waals surface area (Å²) in [7, 11) is -2.43. The molecule has 0 saturated carbocycles. The number of amides is 1. The summed E-state index contributed by atoms with van der Waals surface area (Å²) in [5.74, 6) is -0.460. The van der Waals surface area contributed by atoms with Crippen LogP contribution in [0.2, 0.25) is 0 Å². The van der Waals surface area contributed by atoms with Crippen LogP contribution >= 0.6 is 0 Å². The number of rotatable bonds is 18. The molecule has 162 valence electrons. The van der Waals surface area contributed by atoms with Crippen molar-refractivity contribution in [2.75, 3.05) is 19.3 Å². The van der Waals surface area contributed by atoms with Crippen molar-refractivity contribution < 1.29 is 17.8 Å². The summed E-state index contributed by atoms with van der Waals surface area (Å²) >= 11 is 0. The van der Waals surface area contributed by atoms with E-state index in [9.17, 15) is 13.2 Å². The first kappa shape index (κ1) is 30.3. The zero-order valence-electron chi connectivity index (χ0n) is 17.5. The second-order valence-corrected chi connectivity index (χ2v) is 9.01. The number of carbonyl (C=O) groups is 1. The van der Waals surface area contributed by atoms with Crippen molar-refractivity contribution >= 4 is 45.6 Å². The summed E-state index contributed by atoms with van der Waals surface area (Å²) in [5, 5.41) is 0. The molecule has 0 heterocycles. The van der Waals surface area contributed by atoms with Gasteiger partial charge in [0.2, 0.25) is 5.91 Å². The Morgan fingerprint density at radius 3 is 1.82 bits per heavy atom. The number of unbranched alkanes of at least 4 members (excludes halogenated alkanes) is 11. The van der Waals surface area contributed by atoms with Gasteiger partial charge in [-0.25, -0.2) is 0 Å². The Kier molecular flexibility index (Phi) is 22.1. The van der Waals surface area contributed by atoms with E-state index in [1.807, 2.05) is 0 Å². The zero-order chi connectivity index (χ0) is 20.4. The van der Waals surface area contributed by atoms with Crippen molar-refractivity contribution in [2.24, 2.45) is 0 Å². The molecule has 5 nitrogen and oxygen atoms in total. The molecular weight excluding hydrogens is 385 g/mol. The molecule has 0 radical (unpaired) electrons. The fraction of sp³-hybridized carbons (Fsp3) is 0.857. The van der Waals surface area contributed by atoms with Crippen LogP contribution in [0.1, 0.15) is 96.8 Å². The van der Waals surface area contributed by atoms with E-state index in [0.717, 1.165) is 25.7 Å². The Morgan fingerprint density at radius 1 is 0.857 bits per heavy atom. The first-order valence-electron chi connectivity index (χ1n) is 10.7. The monoisotopic (exact) mass is 427 g/mol. The van der Waals surface area contributed by atoms with Gasteiger partial charge in [-0.1, -0.05) is 70.4 Å². The summed E-state index contributed by atoms with van der Waals surface area (Å²) in [6.45, 7) is 2.29. The van der Waals surface area contributed by atoms with Crippen LogP contribution in [-0.4, -0.2) is 72.7 Å². The first-order chi connectivity index (χ1) is 12.9. The summed E-state index contributed by atoms with van der Waals surface area (Å²) in [4.78, 5) is 13.2. The molecule has 7 heteroatoms. The molecule has 0 bridgehead atoms. The van der Waals surface area contributed by atoms with Crippen molar-refractivity contribution in [2.45, 2.75) is 96.8 Å². The average Bonchev–Trinajstić information content (AvgIpc) is 2.62. The fourth-order valence-electron chi connectivity index (χ4n) is 2.91. The third kappa shape index (κ3) is 22.4. The van der Waals surface area contributed by atoms with Gasteiger partial charge in [0.25, 0.3) is 10.1 Å². The normalized spacial score (nSPS) is 11.5. The topological polar surface area (TPSA) is 74.7 Å². The minimum absolute atomic E-state index is 0. The Labute approximate surface area is 195 Å². The Morgan fingerprint density at radius 2 is 1.32 bits per heavy atom. The first-order valence-corrected chi connectivity index (χ1v) is 12.3. The van der Waals surface area contributed by atoms with E-state index < -0.39 is 15.9 Å². The average molecular weight is 428 g/mol. The van der Waals surface area contributed by atoms with Gasteiger partial charge in [0.1, 0.15) is 0 Å². The third-order valence-corrected chi connectivity index (χ3v) is 5.46. The minimum atomic E-state index is -4.00. The number of nitrogens with zero attached hydrogens (tertiary/aromatic N) is 1. The van der Waals surface area contributed by atoms with Crippen LogP contribution in [0.3, 0.4) is 0 Å². The molecule has 0 saturated heterocycles. The fourth-order valence-corrected chi connectivity index (χ4v) is 3.42. The molecule has 0 aliphatic heterocycles. The Bertz CT molecular complexity index is 495. The van der Waals surface area contributed by atoms with Gasteiger partial charge in [-0.05, 0) is 32.1 Å². The number of hydrogen-bond acceptors (Lipinski definition) is 3. The maximum absolute atomic E-state index is 11.8. The molecule has 0 atom stereocenters. The van der Waals surface area contributed by atoms with E-state index in [0.29, 0.717) is 6.42 Å². The van der Waals surface area contributed by atoms with Crippen molar-refractivity contribution in [3.63, 3.8) is 0 Å². The van der Waals surface area contributed by atoms with Gasteiger partial charge >= 0.3 is 29.6 Å². The molecule has 0 spiro atoms. The second-order valence-electron chi connectivity index (χ2n) is 7.44. The maximum atomic E-state index is 11.8. The predicted octanol–water partition coefficient (Wildman–Crippen LogP) is 4.72. The summed E-state index contributed by atoms with van der Waals surface area (Å²) in [6.07, 6.45) is 20.9. The number of allylic oxidation sites excluding steroid dienone is 2. The molecule has 0 aromatic carbocycles. The van der Waals surface area contributed by atoms with Crippen molar-refractivity contribution in [1.29, 1.82) is 0 Å². The van der Waals surface area contributed by atoms with Gasteiger partial charge in [-0.15, -0.1) is 0 Å². The van der Waals surface area contributed by atoms with E-state index >= 15 is 0 Å². The molecule has 0 unspecified atom stereocenters. The molecule has 0 aromatic rings. The van der Waals surface area contributed by atoms with Crippen molar-refractivity contribution in [1.82, 2.24) is 4.90 Å². The molecule has 0 aromatic heterocycles. The molecule has 1 N–H and O–H groups in total. The van der Waals surface area contributed by atoms with Crippen LogP contribution in [0.15, 0.2) is 12.2 Å². The van der Waals surface area contributed by atoms with Crippen LogP contribution < -0.4 is 0 Å². The quantitative estimate of drug-likeness (QED) is 0.149. The second kappa shape index (κ2) is 20.4. The van der Waals surface area contributed by atoms with Gasteiger partial charge in [-0.3, -0.25) is 9.35 Å². The van der Waals surface area contributed by atoms with E-state index in [-0.39, 0.29) is 42.0 Å². The molecule has 1 amide bonds. The van der Waals surface area contributed by atoms with E-state index in [4.69, 9.17) is 4.55 Å². The SMILES string of the molecule is CCCCCCCCC=CCCCCCCCC(=O)N(C)CCS(=O)(=O)O.[NaH]. The van der Waals surface area contributed by atoms with Crippen LogP contribution in [0.4, 0.5) is 0 Å². The standard InChI is InChI=1S/C21H41NO4S.Na.H/c1-3-4-5-6-7-8-9-10-11-12-13-14-15-16-17-18-21(23)22(2)19-20-27(24,25)26;;/h10-11H,3-9,12-20H2,1-2H3,(H,24,25,26);;. The van der Waals surface area contributed by atoms with Gasteiger partial charge < -0.3 is 4.90 Å². The van der Waals surface area contributed by atoms with Gasteiger partial charge in [0.15, 0.2) is 0 Å². The Balaban J connectivity index is 0. The van der Waals surface area contributed by atoms with E-state index in [1.165, 1.54) is 62.7 Å². The Hall–Kier alpha value is 0.120. The van der Waals surface area contributed by atoms with Crippen molar-refractivity contribution in [3.05, 3.63) is 12.2 Å². The predicted molar refractivity (Wildman–Crippen MR) is 121 cm³/mol. The molecule has 0 rings (SSSR count). The van der Waals surface area contributed by atoms with Gasteiger partial charge in [-0.2, -0.15) is 8.42 Å². The summed E-state index contributed by atoms with van der Waals surface area (Å²) in [6, 6.07) is 0.